The number of rotatable bonds is 2. The zero-order chi connectivity index (χ0) is 10.8. The smallest absolute Gasteiger partial charge is 0.249 e. The van der Waals surface area contributed by atoms with Crippen LogP contribution in [-0.2, 0) is 0 Å². The van der Waals surface area contributed by atoms with Gasteiger partial charge in [0.1, 0.15) is 0 Å². The lowest BCUT2D eigenvalue weighted by Crippen LogP contribution is -1.77. The average Bonchev–Trinajstić information content (AvgIpc) is 3.01. The molecule has 0 amide bonds. The van der Waals surface area contributed by atoms with Crippen LogP contribution in [0.2, 0.25) is 0 Å². The summed E-state index contributed by atoms with van der Waals surface area (Å²) in [4.78, 5) is 3.94. The lowest BCUT2D eigenvalue weighted by atomic mass is 10.3. The Labute approximate surface area is 95.6 Å². The van der Waals surface area contributed by atoms with Crippen LogP contribution in [-0.4, -0.2) is 15.2 Å². The maximum Gasteiger partial charge on any atom is 0.249 e. The Morgan fingerprint density at radius 3 is 2.38 bits per heavy atom. The third kappa shape index (κ3) is 1.61. The van der Waals surface area contributed by atoms with Gasteiger partial charge in [0.15, 0.2) is 0 Å². The number of nitrogens with zero attached hydrogens (tertiary/aromatic N) is 3. The molecule has 0 bridgehead atoms. The van der Waals surface area contributed by atoms with Crippen LogP contribution in [0.4, 0.5) is 0 Å². The van der Waals surface area contributed by atoms with Crippen LogP contribution in [0, 0.1) is 0 Å². The summed E-state index contributed by atoms with van der Waals surface area (Å²) in [6, 6.07) is 5.63. The molecule has 0 unspecified atom stereocenters. The molecule has 0 aliphatic carbocycles. The lowest BCUT2D eigenvalue weighted by Gasteiger charge is -1.91. The van der Waals surface area contributed by atoms with Crippen molar-refractivity contribution in [1.29, 1.82) is 0 Å². The first kappa shape index (κ1) is 9.23. The highest BCUT2D eigenvalue weighted by Crippen LogP contribution is 2.24. The van der Waals surface area contributed by atoms with Crippen LogP contribution >= 0.6 is 11.3 Å². The molecular formula is C11H7N3OS. The summed E-state index contributed by atoms with van der Waals surface area (Å²) in [6.45, 7) is 0. The van der Waals surface area contributed by atoms with E-state index in [1.165, 1.54) is 0 Å². The molecule has 4 nitrogen and oxygen atoms in total. The third-order valence-corrected chi connectivity index (χ3v) is 2.80. The van der Waals surface area contributed by atoms with Crippen molar-refractivity contribution in [3.8, 4) is 22.9 Å². The van der Waals surface area contributed by atoms with E-state index in [0.717, 1.165) is 11.1 Å². The molecule has 5 heteroatoms. The molecule has 3 rings (SSSR count). The molecule has 3 heterocycles. The van der Waals surface area contributed by atoms with Gasteiger partial charge in [0.05, 0.1) is 0 Å². The quantitative estimate of drug-likeness (QED) is 0.678. The van der Waals surface area contributed by atoms with E-state index in [4.69, 9.17) is 4.42 Å². The van der Waals surface area contributed by atoms with E-state index in [2.05, 4.69) is 15.2 Å². The van der Waals surface area contributed by atoms with Crippen molar-refractivity contribution in [2.45, 2.75) is 0 Å². The summed E-state index contributed by atoms with van der Waals surface area (Å²) < 4.78 is 5.57. The third-order valence-electron chi connectivity index (χ3n) is 2.12. The van der Waals surface area contributed by atoms with Gasteiger partial charge in [0.2, 0.25) is 11.8 Å². The number of hydrogen-bond donors (Lipinski definition) is 0. The van der Waals surface area contributed by atoms with Crippen LogP contribution in [0.3, 0.4) is 0 Å². The lowest BCUT2D eigenvalue weighted by molar-refractivity contribution is 0.585. The van der Waals surface area contributed by atoms with Gasteiger partial charge in [-0.05, 0) is 23.6 Å². The van der Waals surface area contributed by atoms with Gasteiger partial charge in [0.25, 0.3) is 0 Å². The fourth-order valence-electron chi connectivity index (χ4n) is 1.34. The second kappa shape index (κ2) is 3.86. The van der Waals surface area contributed by atoms with E-state index in [9.17, 15) is 0 Å². The molecule has 0 aromatic carbocycles. The second-order valence-corrected chi connectivity index (χ2v) is 3.94. The number of pyridine rings is 1. The first-order valence-electron chi connectivity index (χ1n) is 4.70. The van der Waals surface area contributed by atoms with E-state index in [-0.39, 0.29) is 0 Å². The van der Waals surface area contributed by atoms with Crippen molar-refractivity contribution >= 4 is 11.3 Å². The van der Waals surface area contributed by atoms with Gasteiger partial charge < -0.3 is 4.42 Å². The number of hydrogen-bond acceptors (Lipinski definition) is 5. The van der Waals surface area contributed by atoms with Crippen LogP contribution in [0.25, 0.3) is 22.9 Å². The maximum absolute atomic E-state index is 5.57. The maximum atomic E-state index is 5.57. The molecule has 0 radical (unpaired) electrons. The Bertz CT molecular complexity index is 574. The Kier molecular flexibility index (Phi) is 2.23. The molecule has 0 saturated carbocycles. The predicted molar refractivity (Wildman–Crippen MR) is 60.8 cm³/mol. The Balaban J connectivity index is 2.00. The Morgan fingerprint density at radius 1 is 0.938 bits per heavy atom. The van der Waals surface area contributed by atoms with Crippen LogP contribution in [0.15, 0.2) is 45.8 Å². The first-order chi connectivity index (χ1) is 7.93. The summed E-state index contributed by atoms with van der Waals surface area (Å²) in [7, 11) is 0. The zero-order valence-electron chi connectivity index (χ0n) is 8.20. The summed E-state index contributed by atoms with van der Waals surface area (Å²) in [5, 5.41) is 12.0. The van der Waals surface area contributed by atoms with Gasteiger partial charge in [0, 0.05) is 28.9 Å². The van der Waals surface area contributed by atoms with Gasteiger partial charge in [-0.15, -0.1) is 10.2 Å². The fraction of sp³-hybridized carbons (Fsp3) is 0. The van der Waals surface area contributed by atoms with Crippen molar-refractivity contribution in [3.05, 3.63) is 41.4 Å². The minimum Gasteiger partial charge on any atom is -0.416 e. The molecule has 0 N–H and O–H groups in total. The summed E-state index contributed by atoms with van der Waals surface area (Å²) in [6.07, 6.45) is 3.40. The minimum absolute atomic E-state index is 0.517. The summed E-state index contributed by atoms with van der Waals surface area (Å²) in [5.41, 5.74) is 1.83. The molecule has 0 spiro atoms. The first-order valence-corrected chi connectivity index (χ1v) is 5.64. The molecule has 3 aromatic heterocycles. The van der Waals surface area contributed by atoms with E-state index in [1.54, 1.807) is 23.7 Å². The van der Waals surface area contributed by atoms with Crippen molar-refractivity contribution in [2.24, 2.45) is 0 Å². The molecule has 3 aromatic rings. The van der Waals surface area contributed by atoms with Crippen molar-refractivity contribution in [1.82, 2.24) is 15.2 Å². The number of aromatic nitrogens is 3. The monoisotopic (exact) mass is 229 g/mol. The summed E-state index contributed by atoms with van der Waals surface area (Å²) in [5.74, 6) is 1.07. The minimum atomic E-state index is 0.517. The standard InChI is InChI=1S/C11H7N3OS/c1-4-12-5-2-8(1)10-13-14-11(15-10)9-3-6-16-7-9/h1-7H. The highest BCUT2D eigenvalue weighted by Gasteiger charge is 2.09. The van der Waals surface area contributed by atoms with E-state index in [1.807, 2.05) is 29.0 Å². The van der Waals surface area contributed by atoms with Gasteiger partial charge in [-0.2, -0.15) is 11.3 Å². The molecule has 0 atom stereocenters. The van der Waals surface area contributed by atoms with Crippen molar-refractivity contribution in [2.75, 3.05) is 0 Å². The largest absolute Gasteiger partial charge is 0.416 e. The van der Waals surface area contributed by atoms with Gasteiger partial charge >= 0.3 is 0 Å². The van der Waals surface area contributed by atoms with Crippen molar-refractivity contribution < 1.29 is 4.42 Å². The summed E-state index contributed by atoms with van der Waals surface area (Å²) >= 11 is 1.60. The van der Waals surface area contributed by atoms with Crippen LogP contribution < -0.4 is 0 Å². The van der Waals surface area contributed by atoms with Gasteiger partial charge in [-0.25, -0.2) is 0 Å². The van der Waals surface area contributed by atoms with E-state index in [0.29, 0.717) is 11.8 Å². The SMILES string of the molecule is c1cc(-c2nnc(-c3ccsc3)o2)ccn1. The average molecular weight is 229 g/mol. The molecule has 0 aliphatic heterocycles. The fourth-order valence-corrected chi connectivity index (χ4v) is 1.97. The molecular weight excluding hydrogens is 222 g/mol. The molecule has 0 aliphatic rings. The van der Waals surface area contributed by atoms with E-state index < -0.39 is 0 Å². The van der Waals surface area contributed by atoms with Gasteiger partial charge in [-0.3, -0.25) is 4.98 Å². The Hall–Kier alpha value is -2.01. The van der Waals surface area contributed by atoms with Gasteiger partial charge in [-0.1, -0.05) is 0 Å². The molecule has 0 saturated heterocycles. The molecule has 78 valence electrons. The van der Waals surface area contributed by atoms with Crippen LogP contribution in [0.5, 0.6) is 0 Å². The molecule has 16 heavy (non-hydrogen) atoms. The molecule has 0 fully saturated rings. The predicted octanol–water partition coefficient (Wildman–Crippen LogP) is 2.86. The zero-order valence-corrected chi connectivity index (χ0v) is 9.02. The topological polar surface area (TPSA) is 51.8 Å². The van der Waals surface area contributed by atoms with Crippen LogP contribution in [0.1, 0.15) is 0 Å². The highest BCUT2D eigenvalue weighted by atomic mass is 32.1. The number of thiophene rings is 1. The van der Waals surface area contributed by atoms with Crippen molar-refractivity contribution in [3.63, 3.8) is 0 Å². The highest BCUT2D eigenvalue weighted by molar-refractivity contribution is 7.08. The second-order valence-electron chi connectivity index (χ2n) is 3.16. The Morgan fingerprint density at radius 2 is 1.69 bits per heavy atom. The van der Waals surface area contributed by atoms with E-state index >= 15 is 0 Å². The normalized spacial score (nSPS) is 10.5.